The second kappa shape index (κ2) is 7.40. The Labute approximate surface area is 148 Å². The van der Waals surface area contributed by atoms with E-state index in [0.717, 1.165) is 48.6 Å². The second-order valence-electron chi connectivity index (χ2n) is 7.05. The number of benzene rings is 1. The minimum Gasteiger partial charge on any atom is -0.360 e. The highest BCUT2D eigenvalue weighted by Gasteiger charge is 2.28. The van der Waals surface area contributed by atoms with Crippen molar-refractivity contribution in [1.29, 1.82) is 0 Å². The van der Waals surface area contributed by atoms with Gasteiger partial charge in [0.25, 0.3) is 0 Å². The number of hydrogen-bond donors (Lipinski definition) is 0. The molecule has 4 rings (SSSR count). The van der Waals surface area contributed by atoms with E-state index in [1.54, 1.807) is 0 Å². The Morgan fingerprint density at radius 3 is 2.56 bits per heavy atom. The lowest BCUT2D eigenvalue weighted by molar-refractivity contribution is -0.133. The molecule has 132 valence electrons. The summed E-state index contributed by atoms with van der Waals surface area (Å²) in [5.41, 5.74) is 3.00. The molecule has 1 aromatic carbocycles. The van der Waals surface area contributed by atoms with Crippen LogP contribution in [0.1, 0.15) is 37.0 Å². The molecule has 1 amide bonds. The SMILES string of the molecule is O=C(CN1CCCCCC1)N1CCc2onc(-c3ccccc3)c2C1. The van der Waals surface area contributed by atoms with Crippen LogP contribution in [0.3, 0.4) is 0 Å². The molecule has 25 heavy (non-hydrogen) atoms. The summed E-state index contributed by atoms with van der Waals surface area (Å²) in [7, 11) is 0. The maximum Gasteiger partial charge on any atom is 0.237 e. The zero-order chi connectivity index (χ0) is 17.1. The molecule has 2 aliphatic heterocycles. The van der Waals surface area contributed by atoms with Gasteiger partial charge in [-0.3, -0.25) is 9.69 Å². The Bertz CT molecular complexity index is 718. The van der Waals surface area contributed by atoms with Gasteiger partial charge in [-0.05, 0) is 25.9 Å². The molecular weight excluding hydrogens is 314 g/mol. The topological polar surface area (TPSA) is 49.6 Å². The van der Waals surface area contributed by atoms with E-state index in [1.165, 1.54) is 25.7 Å². The third-order valence-electron chi connectivity index (χ3n) is 5.28. The molecule has 1 saturated heterocycles. The van der Waals surface area contributed by atoms with Crippen molar-refractivity contribution in [3.63, 3.8) is 0 Å². The molecule has 1 fully saturated rings. The van der Waals surface area contributed by atoms with Gasteiger partial charge in [0, 0.05) is 24.1 Å². The van der Waals surface area contributed by atoms with Gasteiger partial charge in [0.2, 0.25) is 5.91 Å². The molecule has 2 aromatic rings. The molecule has 0 N–H and O–H groups in total. The summed E-state index contributed by atoms with van der Waals surface area (Å²) in [4.78, 5) is 17.1. The van der Waals surface area contributed by atoms with Gasteiger partial charge in [0.05, 0.1) is 13.1 Å². The van der Waals surface area contributed by atoms with Crippen molar-refractivity contribution in [2.45, 2.75) is 38.6 Å². The van der Waals surface area contributed by atoms with E-state index in [-0.39, 0.29) is 5.91 Å². The van der Waals surface area contributed by atoms with Crippen LogP contribution >= 0.6 is 0 Å². The molecule has 1 aromatic heterocycles. The molecule has 0 atom stereocenters. The minimum atomic E-state index is 0.229. The predicted molar refractivity (Wildman–Crippen MR) is 96.0 cm³/mol. The van der Waals surface area contributed by atoms with Gasteiger partial charge < -0.3 is 9.42 Å². The molecule has 0 saturated carbocycles. The Kier molecular flexibility index (Phi) is 4.83. The van der Waals surface area contributed by atoms with Crippen molar-refractivity contribution in [3.05, 3.63) is 41.7 Å². The lowest BCUT2D eigenvalue weighted by Gasteiger charge is -2.29. The third-order valence-corrected chi connectivity index (χ3v) is 5.28. The zero-order valence-electron chi connectivity index (χ0n) is 14.6. The quantitative estimate of drug-likeness (QED) is 0.862. The summed E-state index contributed by atoms with van der Waals surface area (Å²) in [6.07, 6.45) is 5.75. The monoisotopic (exact) mass is 339 g/mol. The first kappa shape index (κ1) is 16.3. The zero-order valence-corrected chi connectivity index (χ0v) is 14.6. The Hall–Kier alpha value is -2.14. The van der Waals surface area contributed by atoms with E-state index in [2.05, 4.69) is 10.1 Å². The van der Waals surface area contributed by atoms with Crippen LogP contribution in [-0.2, 0) is 17.8 Å². The normalized spacial score (nSPS) is 18.6. The van der Waals surface area contributed by atoms with Gasteiger partial charge in [-0.1, -0.05) is 48.3 Å². The lowest BCUT2D eigenvalue weighted by Crippen LogP contribution is -2.42. The van der Waals surface area contributed by atoms with Crippen molar-refractivity contribution >= 4 is 5.91 Å². The third kappa shape index (κ3) is 3.61. The van der Waals surface area contributed by atoms with E-state index in [4.69, 9.17) is 4.52 Å². The first-order chi connectivity index (χ1) is 12.3. The van der Waals surface area contributed by atoms with Crippen LogP contribution in [-0.4, -0.2) is 47.0 Å². The maximum atomic E-state index is 12.8. The summed E-state index contributed by atoms with van der Waals surface area (Å²) in [6, 6.07) is 10.1. The Morgan fingerprint density at radius 2 is 1.80 bits per heavy atom. The van der Waals surface area contributed by atoms with Gasteiger partial charge in [-0.25, -0.2) is 0 Å². The molecule has 0 bridgehead atoms. The first-order valence-electron chi connectivity index (χ1n) is 9.34. The fourth-order valence-corrected chi connectivity index (χ4v) is 3.83. The fraction of sp³-hybridized carbons (Fsp3) is 0.500. The number of rotatable bonds is 3. The smallest absolute Gasteiger partial charge is 0.237 e. The highest BCUT2D eigenvalue weighted by molar-refractivity contribution is 5.79. The number of amides is 1. The molecule has 5 nitrogen and oxygen atoms in total. The summed E-state index contributed by atoms with van der Waals surface area (Å²) < 4.78 is 5.54. The predicted octanol–water partition coefficient (Wildman–Crippen LogP) is 3.10. The van der Waals surface area contributed by atoms with E-state index in [1.807, 2.05) is 35.2 Å². The van der Waals surface area contributed by atoms with Crippen molar-refractivity contribution < 1.29 is 9.32 Å². The standard InChI is InChI=1S/C20H25N3O2/c24-19(15-22-11-6-1-2-7-12-22)23-13-10-18-17(14-23)20(21-25-18)16-8-4-3-5-9-16/h3-5,8-9H,1-2,6-7,10-15H2. The average molecular weight is 339 g/mol. The summed E-state index contributed by atoms with van der Waals surface area (Å²) in [5, 5.41) is 4.27. The van der Waals surface area contributed by atoms with Gasteiger partial charge >= 0.3 is 0 Å². The number of carbonyl (C=O) groups excluding carboxylic acids is 1. The van der Waals surface area contributed by atoms with Crippen molar-refractivity contribution in [1.82, 2.24) is 15.0 Å². The van der Waals surface area contributed by atoms with Crippen molar-refractivity contribution in [2.24, 2.45) is 0 Å². The van der Waals surface area contributed by atoms with E-state index in [0.29, 0.717) is 13.1 Å². The van der Waals surface area contributed by atoms with E-state index < -0.39 is 0 Å². The summed E-state index contributed by atoms with van der Waals surface area (Å²) in [5.74, 6) is 1.16. The van der Waals surface area contributed by atoms with Crippen molar-refractivity contribution in [2.75, 3.05) is 26.2 Å². The second-order valence-corrected chi connectivity index (χ2v) is 7.05. The molecule has 0 spiro atoms. The highest BCUT2D eigenvalue weighted by atomic mass is 16.5. The lowest BCUT2D eigenvalue weighted by atomic mass is 10.0. The number of hydrogen-bond acceptors (Lipinski definition) is 4. The molecule has 0 aliphatic carbocycles. The van der Waals surface area contributed by atoms with Crippen LogP contribution in [0.4, 0.5) is 0 Å². The number of nitrogens with zero attached hydrogens (tertiary/aromatic N) is 3. The number of fused-ring (bicyclic) bond motifs is 1. The van der Waals surface area contributed by atoms with Crippen LogP contribution in [0.15, 0.2) is 34.9 Å². The molecule has 0 radical (unpaired) electrons. The largest absolute Gasteiger partial charge is 0.360 e. The van der Waals surface area contributed by atoms with Crippen LogP contribution < -0.4 is 0 Å². The summed E-state index contributed by atoms with van der Waals surface area (Å²) >= 11 is 0. The molecule has 0 unspecified atom stereocenters. The number of aromatic nitrogens is 1. The van der Waals surface area contributed by atoms with Crippen LogP contribution in [0, 0.1) is 0 Å². The Morgan fingerprint density at radius 1 is 1.04 bits per heavy atom. The van der Waals surface area contributed by atoms with Crippen LogP contribution in [0.2, 0.25) is 0 Å². The van der Waals surface area contributed by atoms with Gasteiger partial charge in [-0.2, -0.15) is 0 Å². The van der Waals surface area contributed by atoms with Gasteiger partial charge in [-0.15, -0.1) is 0 Å². The summed E-state index contributed by atoms with van der Waals surface area (Å²) in [6.45, 7) is 3.97. The molecule has 2 aliphatic rings. The molecule has 5 heteroatoms. The van der Waals surface area contributed by atoms with Crippen LogP contribution in [0.5, 0.6) is 0 Å². The van der Waals surface area contributed by atoms with Gasteiger partial charge in [0.1, 0.15) is 11.5 Å². The number of likely N-dealkylation sites (tertiary alicyclic amines) is 1. The first-order valence-corrected chi connectivity index (χ1v) is 9.34. The minimum absolute atomic E-state index is 0.229. The van der Waals surface area contributed by atoms with Crippen LogP contribution in [0.25, 0.3) is 11.3 Å². The number of carbonyl (C=O) groups is 1. The molecular formula is C20H25N3O2. The fourth-order valence-electron chi connectivity index (χ4n) is 3.83. The van der Waals surface area contributed by atoms with Crippen molar-refractivity contribution in [3.8, 4) is 11.3 Å². The van der Waals surface area contributed by atoms with Gasteiger partial charge in [0.15, 0.2) is 0 Å². The maximum absolute atomic E-state index is 12.8. The Balaban J connectivity index is 1.47. The average Bonchev–Trinajstić information content (AvgIpc) is 2.91. The highest BCUT2D eigenvalue weighted by Crippen LogP contribution is 2.29. The molecule has 3 heterocycles. The van der Waals surface area contributed by atoms with E-state index >= 15 is 0 Å². The van der Waals surface area contributed by atoms with E-state index in [9.17, 15) is 4.79 Å².